The average Bonchev–Trinajstić information content (AvgIpc) is 2.40. The number of rotatable bonds is 1. The minimum absolute atomic E-state index is 0.801. The zero-order valence-corrected chi connectivity index (χ0v) is 9.91. The number of fused-ring (bicyclic) bond motifs is 1. The zero-order chi connectivity index (χ0) is 11.7. The summed E-state index contributed by atoms with van der Waals surface area (Å²) in [6, 6.07) is 23.3. The summed E-state index contributed by atoms with van der Waals surface area (Å²) in [5, 5.41) is 3.07. The lowest BCUT2D eigenvalue weighted by molar-refractivity contribution is 1.63. The van der Waals surface area contributed by atoms with Crippen molar-refractivity contribution in [1.82, 2.24) is 0 Å². The van der Waals surface area contributed by atoms with Crippen molar-refractivity contribution < 1.29 is 0 Å². The first-order valence-corrected chi connectivity index (χ1v) is 5.87. The van der Waals surface area contributed by atoms with Gasteiger partial charge in [-0.05, 0) is 34.7 Å². The molecule has 3 aromatic rings. The first kappa shape index (κ1) is 10.4. The zero-order valence-electron chi connectivity index (χ0n) is 9.15. The molecule has 0 nitrogen and oxygen atoms in total. The highest BCUT2D eigenvalue weighted by molar-refractivity contribution is 6.35. The normalized spacial score (nSPS) is 10.6. The van der Waals surface area contributed by atoms with E-state index in [0.29, 0.717) is 0 Å². The Labute approximate surface area is 105 Å². The van der Waals surface area contributed by atoms with Gasteiger partial charge in [0.15, 0.2) is 0 Å². The number of halogens is 1. The third-order valence-electron chi connectivity index (χ3n) is 2.88. The molecule has 0 aliphatic carbocycles. The van der Waals surface area contributed by atoms with E-state index < -0.39 is 0 Å². The monoisotopic (exact) mass is 237 g/mol. The van der Waals surface area contributed by atoms with Crippen LogP contribution < -0.4 is 0 Å². The van der Waals surface area contributed by atoms with E-state index in [1.807, 2.05) is 24.3 Å². The van der Waals surface area contributed by atoms with Crippen LogP contribution in [0.4, 0.5) is 0 Å². The fourth-order valence-corrected chi connectivity index (χ4v) is 2.25. The lowest BCUT2D eigenvalue weighted by Gasteiger charge is -2.05. The molecule has 1 radical (unpaired) electrons. The van der Waals surface area contributed by atoms with Gasteiger partial charge in [0.1, 0.15) is 0 Å². The average molecular weight is 238 g/mol. The molecule has 0 amide bonds. The molecule has 1 heteroatoms. The first-order chi connectivity index (χ1) is 8.34. The molecule has 0 saturated heterocycles. The molecule has 0 aliphatic rings. The second-order valence-electron chi connectivity index (χ2n) is 3.96. The smallest absolute Gasteiger partial charge is 0.0484 e. The second-order valence-corrected chi connectivity index (χ2v) is 4.37. The van der Waals surface area contributed by atoms with Crippen LogP contribution >= 0.6 is 11.6 Å². The standard InChI is InChI=1S/C16H10Cl/c17-16-8-4-7-14-11-13(9-10-15(14)16)12-5-2-1-3-6-12/h2-11H. The van der Waals surface area contributed by atoms with E-state index in [-0.39, 0.29) is 0 Å². The van der Waals surface area contributed by atoms with Gasteiger partial charge in [0, 0.05) is 10.4 Å². The third-order valence-corrected chi connectivity index (χ3v) is 3.21. The van der Waals surface area contributed by atoms with Crippen molar-refractivity contribution in [2.45, 2.75) is 0 Å². The van der Waals surface area contributed by atoms with Crippen molar-refractivity contribution in [2.75, 3.05) is 0 Å². The highest BCUT2D eigenvalue weighted by Crippen LogP contribution is 2.28. The largest absolute Gasteiger partial charge is 0.0837 e. The van der Waals surface area contributed by atoms with Gasteiger partial charge in [-0.15, -0.1) is 0 Å². The van der Waals surface area contributed by atoms with E-state index in [1.165, 1.54) is 16.5 Å². The van der Waals surface area contributed by atoms with Crippen LogP contribution in [0.15, 0.2) is 60.7 Å². The van der Waals surface area contributed by atoms with Crippen LogP contribution in [0, 0.1) is 6.07 Å². The van der Waals surface area contributed by atoms with Gasteiger partial charge in [-0.2, -0.15) is 0 Å². The Bertz CT molecular complexity index is 657. The van der Waals surface area contributed by atoms with Crippen molar-refractivity contribution in [3.63, 3.8) is 0 Å². The lowest BCUT2D eigenvalue weighted by Crippen LogP contribution is -1.79. The summed E-state index contributed by atoms with van der Waals surface area (Å²) >= 11 is 6.15. The Hall–Kier alpha value is -1.79. The lowest BCUT2D eigenvalue weighted by atomic mass is 10.0. The fraction of sp³-hybridized carbons (Fsp3) is 0. The van der Waals surface area contributed by atoms with Gasteiger partial charge in [-0.1, -0.05) is 60.1 Å². The molecule has 0 aliphatic heterocycles. The third kappa shape index (κ3) is 1.92. The van der Waals surface area contributed by atoms with E-state index in [1.54, 1.807) is 0 Å². The van der Waals surface area contributed by atoms with Crippen LogP contribution in [-0.2, 0) is 0 Å². The molecule has 0 bridgehead atoms. The molecular weight excluding hydrogens is 228 g/mol. The predicted octanol–water partition coefficient (Wildman–Crippen LogP) is 4.96. The Morgan fingerprint density at radius 1 is 0.824 bits per heavy atom. The number of hydrogen-bond acceptors (Lipinski definition) is 0. The Morgan fingerprint density at radius 3 is 2.47 bits per heavy atom. The molecule has 0 fully saturated rings. The van der Waals surface area contributed by atoms with Crippen molar-refractivity contribution in [3.05, 3.63) is 71.8 Å². The van der Waals surface area contributed by atoms with E-state index in [0.717, 1.165) is 10.4 Å². The van der Waals surface area contributed by atoms with Crippen LogP contribution in [0.2, 0.25) is 5.02 Å². The molecule has 81 valence electrons. The summed E-state index contributed by atoms with van der Waals surface area (Å²) in [6.45, 7) is 0. The van der Waals surface area contributed by atoms with Crippen molar-refractivity contribution in [2.24, 2.45) is 0 Å². The van der Waals surface area contributed by atoms with Gasteiger partial charge in [0.05, 0.1) is 0 Å². The fourth-order valence-electron chi connectivity index (χ4n) is 2.00. The van der Waals surface area contributed by atoms with Gasteiger partial charge in [-0.3, -0.25) is 0 Å². The molecule has 0 atom stereocenters. The maximum Gasteiger partial charge on any atom is 0.0484 e. The summed E-state index contributed by atoms with van der Waals surface area (Å²) in [4.78, 5) is 0. The highest BCUT2D eigenvalue weighted by Gasteiger charge is 2.01. The Morgan fingerprint density at radius 2 is 1.65 bits per heavy atom. The van der Waals surface area contributed by atoms with Crippen LogP contribution in [0.5, 0.6) is 0 Å². The van der Waals surface area contributed by atoms with Crippen LogP contribution in [0.25, 0.3) is 21.9 Å². The minimum Gasteiger partial charge on any atom is -0.0837 e. The molecule has 0 heterocycles. The molecule has 0 aromatic heterocycles. The quantitative estimate of drug-likeness (QED) is 0.561. The molecule has 17 heavy (non-hydrogen) atoms. The highest BCUT2D eigenvalue weighted by atomic mass is 35.5. The van der Waals surface area contributed by atoms with Crippen molar-refractivity contribution >= 4 is 22.4 Å². The summed E-state index contributed by atoms with van der Waals surface area (Å²) < 4.78 is 0. The maximum atomic E-state index is 6.15. The molecular formula is C16H10Cl. The van der Waals surface area contributed by atoms with Gasteiger partial charge in [0.2, 0.25) is 0 Å². The molecule has 3 aromatic carbocycles. The van der Waals surface area contributed by atoms with Crippen molar-refractivity contribution in [3.8, 4) is 11.1 Å². The summed E-state index contributed by atoms with van der Waals surface area (Å²) in [6.07, 6.45) is 0. The minimum atomic E-state index is 0.801. The predicted molar refractivity (Wildman–Crippen MR) is 73.2 cm³/mol. The molecule has 0 saturated carbocycles. The molecule has 0 unspecified atom stereocenters. The van der Waals surface area contributed by atoms with Crippen molar-refractivity contribution in [1.29, 1.82) is 0 Å². The topological polar surface area (TPSA) is 0 Å². The maximum absolute atomic E-state index is 6.15. The summed E-state index contributed by atoms with van der Waals surface area (Å²) in [7, 11) is 0. The van der Waals surface area contributed by atoms with Crippen LogP contribution in [0.1, 0.15) is 0 Å². The van der Waals surface area contributed by atoms with Crippen LogP contribution in [0.3, 0.4) is 0 Å². The number of benzene rings is 3. The molecule has 0 N–H and O–H groups in total. The van der Waals surface area contributed by atoms with Gasteiger partial charge >= 0.3 is 0 Å². The van der Waals surface area contributed by atoms with E-state index in [4.69, 9.17) is 11.6 Å². The Balaban J connectivity index is 2.21. The SMILES string of the molecule is Clc1cccc2cc(-c3cc[c]cc3)ccc12. The second kappa shape index (κ2) is 4.23. The Kier molecular flexibility index (Phi) is 2.58. The molecule has 3 rings (SSSR count). The van der Waals surface area contributed by atoms with Crippen LogP contribution in [-0.4, -0.2) is 0 Å². The van der Waals surface area contributed by atoms with E-state index in [2.05, 4.69) is 42.5 Å². The summed E-state index contributed by atoms with van der Waals surface area (Å²) in [5.41, 5.74) is 2.40. The first-order valence-electron chi connectivity index (χ1n) is 5.49. The van der Waals surface area contributed by atoms with E-state index in [9.17, 15) is 0 Å². The summed E-state index contributed by atoms with van der Waals surface area (Å²) in [5.74, 6) is 0. The van der Waals surface area contributed by atoms with E-state index >= 15 is 0 Å². The number of hydrogen-bond donors (Lipinski definition) is 0. The van der Waals surface area contributed by atoms with Gasteiger partial charge in [-0.25, -0.2) is 0 Å². The van der Waals surface area contributed by atoms with Gasteiger partial charge in [0.25, 0.3) is 0 Å². The van der Waals surface area contributed by atoms with Gasteiger partial charge < -0.3 is 0 Å². The molecule has 0 spiro atoms.